The Hall–Kier alpha value is -1.94. The summed E-state index contributed by atoms with van der Waals surface area (Å²) in [6.45, 7) is 0.602. The molecule has 18 heavy (non-hydrogen) atoms. The molecule has 1 aromatic heterocycles. The molecule has 0 unspecified atom stereocenters. The topological polar surface area (TPSA) is 44.1 Å². The third-order valence-corrected chi connectivity index (χ3v) is 2.68. The number of aromatic nitrogens is 2. The van der Waals surface area contributed by atoms with Crippen molar-refractivity contribution in [2.45, 2.75) is 12.8 Å². The third kappa shape index (κ3) is 2.84. The monoisotopic (exact) mass is 244 g/mol. The first-order chi connectivity index (χ1) is 8.83. The second-order valence-electron chi connectivity index (χ2n) is 3.98. The van der Waals surface area contributed by atoms with Gasteiger partial charge in [-0.05, 0) is 24.6 Å². The smallest absolute Gasteiger partial charge is 0.181 e. The van der Waals surface area contributed by atoms with E-state index < -0.39 is 0 Å². The van der Waals surface area contributed by atoms with E-state index in [1.165, 1.54) is 0 Å². The number of benzene rings is 1. The molecule has 4 nitrogen and oxygen atoms in total. The SMILES string of the molecule is COCCCC(=O)c1ccnn1-c1ccccc1. The quantitative estimate of drug-likeness (QED) is 0.579. The largest absolute Gasteiger partial charge is 0.385 e. The van der Waals surface area contributed by atoms with Gasteiger partial charge in [0.1, 0.15) is 5.69 Å². The second kappa shape index (κ2) is 6.12. The molecule has 0 bridgehead atoms. The second-order valence-corrected chi connectivity index (χ2v) is 3.98. The number of ether oxygens (including phenoxy) is 1. The maximum absolute atomic E-state index is 12.1. The summed E-state index contributed by atoms with van der Waals surface area (Å²) in [7, 11) is 1.64. The van der Waals surface area contributed by atoms with Crippen LogP contribution in [-0.2, 0) is 4.74 Å². The molecule has 0 amide bonds. The summed E-state index contributed by atoms with van der Waals surface area (Å²) in [4.78, 5) is 12.1. The Kier molecular flexibility index (Phi) is 4.25. The van der Waals surface area contributed by atoms with Crippen molar-refractivity contribution in [1.82, 2.24) is 9.78 Å². The van der Waals surface area contributed by atoms with Crippen molar-refractivity contribution >= 4 is 5.78 Å². The van der Waals surface area contributed by atoms with Gasteiger partial charge in [0.05, 0.1) is 11.9 Å². The molecule has 0 saturated carbocycles. The molecule has 2 aromatic rings. The fourth-order valence-electron chi connectivity index (χ4n) is 1.79. The van der Waals surface area contributed by atoms with Crippen LogP contribution in [0.25, 0.3) is 5.69 Å². The van der Waals surface area contributed by atoms with E-state index in [4.69, 9.17) is 4.74 Å². The minimum Gasteiger partial charge on any atom is -0.385 e. The zero-order valence-electron chi connectivity index (χ0n) is 10.4. The summed E-state index contributed by atoms with van der Waals surface area (Å²) in [6, 6.07) is 11.4. The molecule has 4 heteroatoms. The van der Waals surface area contributed by atoms with E-state index in [0.29, 0.717) is 18.7 Å². The summed E-state index contributed by atoms with van der Waals surface area (Å²) in [5, 5.41) is 4.20. The highest BCUT2D eigenvalue weighted by atomic mass is 16.5. The van der Waals surface area contributed by atoms with E-state index in [2.05, 4.69) is 5.10 Å². The van der Waals surface area contributed by atoms with Crippen LogP contribution in [0.4, 0.5) is 0 Å². The molecule has 0 aliphatic rings. The van der Waals surface area contributed by atoms with E-state index in [1.807, 2.05) is 30.3 Å². The molecule has 0 aliphatic carbocycles. The first-order valence-corrected chi connectivity index (χ1v) is 5.94. The van der Waals surface area contributed by atoms with Gasteiger partial charge in [0.2, 0.25) is 0 Å². The lowest BCUT2D eigenvalue weighted by Gasteiger charge is -2.06. The number of carbonyl (C=O) groups excluding carboxylic acids is 1. The number of nitrogens with zero attached hydrogens (tertiary/aromatic N) is 2. The van der Waals surface area contributed by atoms with Gasteiger partial charge >= 0.3 is 0 Å². The Morgan fingerprint density at radius 1 is 1.28 bits per heavy atom. The van der Waals surface area contributed by atoms with Gasteiger partial charge < -0.3 is 4.74 Å². The van der Waals surface area contributed by atoms with Gasteiger partial charge in [0.25, 0.3) is 0 Å². The predicted molar refractivity (Wildman–Crippen MR) is 69.0 cm³/mol. The Bertz CT molecular complexity index is 506. The predicted octanol–water partition coefficient (Wildman–Crippen LogP) is 2.48. The highest BCUT2D eigenvalue weighted by Gasteiger charge is 2.12. The van der Waals surface area contributed by atoms with E-state index in [9.17, 15) is 4.79 Å². The number of Topliss-reactive ketones (excluding diaryl/α,β-unsaturated/α-hetero) is 1. The minimum absolute atomic E-state index is 0.0911. The normalized spacial score (nSPS) is 10.5. The molecular formula is C14H16N2O2. The van der Waals surface area contributed by atoms with E-state index in [-0.39, 0.29) is 5.78 Å². The molecule has 94 valence electrons. The van der Waals surface area contributed by atoms with Crippen LogP contribution in [0.1, 0.15) is 23.3 Å². The van der Waals surface area contributed by atoms with E-state index in [0.717, 1.165) is 12.1 Å². The van der Waals surface area contributed by atoms with E-state index in [1.54, 1.807) is 24.1 Å². The zero-order chi connectivity index (χ0) is 12.8. The molecule has 0 aliphatic heterocycles. The molecular weight excluding hydrogens is 228 g/mol. The third-order valence-electron chi connectivity index (χ3n) is 2.68. The molecule has 0 radical (unpaired) electrons. The van der Waals surface area contributed by atoms with Crippen LogP contribution in [0.3, 0.4) is 0 Å². The van der Waals surface area contributed by atoms with Crippen LogP contribution >= 0.6 is 0 Å². The van der Waals surface area contributed by atoms with Gasteiger partial charge in [0, 0.05) is 20.1 Å². The average molecular weight is 244 g/mol. The van der Waals surface area contributed by atoms with Crippen molar-refractivity contribution in [2.24, 2.45) is 0 Å². The minimum atomic E-state index is 0.0911. The average Bonchev–Trinajstić information content (AvgIpc) is 2.89. The van der Waals surface area contributed by atoms with Gasteiger partial charge in [0.15, 0.2) is 5.78 Å². The van der Waals surface area contributed by atoms with Crippen LogP contribution < -0.4 is 0 Å². The number of hydrogen-bond acceptors (Lipinski definition) is 3. The number of carbonyl (C=O) groups is 1. The van der Waals surface area contributed by atoms with Crippen molar-refractivity contribution in [3.05, 3.63) is 48.3 Å². The fraction of sp³-hybridized carbons (Fsp3) is 0.286. The van der Waals surface area contributed by atoms with Crippen molar-refractivity contribution in [3.63, 3.8) is 0 Å². The number of methoxy groups -OCH3 is 1. The van der Waals surface area contributed by atoms with Crippen LogP contribution in [0.5, 0.6) is 0 Å². The number of ketones is 1. The summed E-state index contributed by atoms with van der Waals surface area (Å²) in [6.07, 6.45) is 2.86. The molecule has 1 heterocycles. The van der Waals surface area contributed by atoms with Crippen molar-refractivity contribution in [1.29, 1.82) is 0 Å². The maximum Gasteiger partial charge on any atom is 0.181 e. The summed E-state index contributed by atoms with van der Waals surface area (Å²) >= 11 is 0. The Labute approximate surface area is 106 Å². The van der Waals surface area contributed by atoms with Gasteiger partial charge in [-0.2, -0.15) is 5.10 Å². The Balaban J connectivity index is 2.15. The Morgan fingerprint density at radius 2 is 2.06 bits per heavy atom. The van der Waals surface area contributed by atoms with Crippen LogP contribution in [0, 0.1) is 0 Å². The molecule has 0 saturated heterocycles. The van der Waals surface area contributed by atoms with Gasteiger partial charge in [-0.15, -0.1) is 0 Å². The summed E-state index contributed by atoms with van der Waals surface area (Å²) < 4.78 is 6.63. The zero-order valence-corrected chi connectivity index (χ0v) is 10.4. The number of para-hydroxylation sites is 1. The molecule has 0 N–H and O–H groups in total. The standard InChI is InChI=1S/C14H16N2O2/c1-18-11-5-8-14(17)13-9-10-15-16(13)12-6-3-2-4-7-12/h2-4,6-7,9-10H,5,8,11H2,1H3. The highest BCUT2D eigenvalue weighted by Crippen LogP contribution is 2.12. The fourth-order valence-corrected chi connectivity index (χ4v) is 1.79. The van der Waals surface area contributed by atoms with Gasteiger partial charge in [-0.1, -0.05) is 18.2 Å². The number of rotatable bonds is 6. The summed E-state index contributed by atoms with van der Waals surface area (Å²) in [5.41, 5.74) is 1.52. The molecule has 0 spiro atoms. The number of hydrogen-bond donors (Lipinski definition) is 0. The van der Waals surface area contributed by atoms with Gasteiger partial charge in [-0.25, -0.2) is 4.68 Å². The molecule has 0 fully saturated rings. The van der Waals surface area contributed by atoms with Crippen molar-refractivity contribution < 1.29 is 9.53 Å². The van der Waals surface area contributed by atoms with Crippen LogP contribution in [-0.4, -0.2) is 29.3 Å². The van der Waals surface area contributed by atoms with Crippen molar-refractivity contribution in [3.8, 4) is 5.69 Å². The molecule has 1 aromatic carbocycles. The van der Waals surface area contributed by atoms with Crippen LogP contribution in [0.15, 0.2) is 42.6 Å². The van der Waals surface area contributed by atoms with Gasteiger partial charge in [-0.3, -0.25) is 4.79 Å². The van der Waals surface area contributed by atoms with E-state index >= 15 is 0 Å². The maximum atomic E-state index is 12.1. The molecule has 0 atom stereocenters. The lowest BCUT2D eigenvalue weighted by molar-refractivity contribution is 0.0956. The Morgan fingerprint density at radius 3 is 2.78 bits per heavy atom. The first kappa shape index (κ1) is 12.5. The highest BCUT2D eigenvalue weighted by molar-refractivity contribution is 5.94. The molecule has 2 rings (SSSR count). The lowest BCUT2D eigenvalue weighted by Crippen LogP contribution is -2.09. The van der Waals surface area contributed by atoms with Crippen LogP contribution in [0.2, 0.25) is 0 Å². The van der Waals surface area contributed by atoms with Crippen molar-refractivity contribution in [2.75, 3.05) is 13.7 Å². The summed E-state index contributed by atoms with van der Waals surface area (Å²) in [5.74, 6) is 0.0911. The lowest BCUT2D eigenvalue weighted by atomic mass is 10.1. The first-order valence-electron chi connectivity index (χ1n) is 5.94.